The van der Waals surface area contributed by atoms with Gasteiger partial charge >= 0.3 is 0 Å². The molecule has 3 nitrogen and oxygen atoms in total. The van der Waals surface area contributed by atoms with Gasteiger partial charge in [-0.25, -0.2) is 9.97 Å². The molecule has 7 aromatic carbocycles. The Morgan fingerprint density at radius 2 is 0.943 bits per heavy atom. The van der Waals surface area contributed by atoms with Gasteiger partial charge in [-0.15, -0.1) is 0 Å². The summed E-state index contributed by atoms with van der Waals surface area (Å²) in [6.45, 7) is 4.75. The molecule has 2 aliphatic carbocycles. The number of nitrogens with zero attached hydrogens (tertiary/aromatic N) is 2. The van der Waals surface area contributed by atoms with E-state index in [2.05, 4.69) is 159 Å². The van der Waals surface area contributed by atoms with Gasteiger partial charge in [-0.3, -0.25) is 0 Å². The lowest BCUT2D eigenvalue weighted by Gasteiger charge is -2.46. The Kier molecular flexibility index (Phi) is 6.22. The van der Waals surface area contributed by atoms with E-state index in [-0.39, 0.29) is 5.41 Å². The second kappa shape index (κ2) is 11.0. The molecule has 1 spiro atoms. The molecule has 53 heavy (non-hydrogen) atoms. The monoisotopic (exact) mass is 678 g/mol. The third-order valence-corrected chi connectivity index (χ3v) is 11.8. The van der Waals surface area contributed by atoms with E-state index in [1.54, 1.807) is 0 Å². The largest absolute Gasteiger partial charge is 0.456 e. The van der Waals surface area contributed by atoms with E-state index < -0.39 is 5.41 Å². The highest BCUT2D eigenvalue weighted by Gasteiger charge is 2.53. The lowest BCUT2D eigenvalue weighted by atomic mass is 9.55. The zero-order valence-corrected chi connectivity index (χ0v) is 29.5. The maximum atomic E-state index is 6.80. The Labute approximate surface area is 308 Å². The number of aromatic nitrogens is 2. The van der Waals surface area contributed by atoms with Crippen molar-refractivity contribution in [2.45, 2.75) is 24.7 Å². The fourth-order valence-corrected chi connectivity index (χ4v) is 9.34. The molecule has 2 aliphatic rings. The number of furan rings is 1. The predicted molar refractivity (Wildman–Crippen MR) is 215 cm³/mol. The number of hydrogen-bond donors (Lipinski definition) is 0. The van der Waals surface area contributed by atoms with Crippen LogP contribution in [0.5, 0.6) is 0 Å². The molecule has 0 unspecified atom stereocenters. The molecule has 0 saturated carbocycles. The smallest absolute Gasteiger partial charge is 0.160 e. The standard InChI is InChI=1S/C50H34N2O/c1-49(2)40-23-13-14-24-41(40)50(38-21-11-9-19-34(38)35-20-10-12-22-39(35)50)43-29-47-37(28-42(43)49)36-27-33(25-26-46(36)53-47)45-30-44(31-15-5-3-6-16-31)51-48(52-45)32-17-7-4-8-18-32/h3-30H,1-2H3. The van der Waals surface area contributed by atoms with Crippen LogP contribution in [0.25, 0.3) is 67.0 Å². The van der Waals surface area contributed by atoms with Crippen molar-refractivity contribution in [3.63, 3.8) is 0 Å². The summed E-state index contributed by atoms with van der Waals surface area (Å²) in [7, 11) is 0. The van der Waals surface area contributed by atoms with Gasteiger partial charge in [-0.1, -0.05) is 147 Å². The van der Waals surface area contributed by atoms with E-state index in [9.17, 15) is 0 Å². The third-order valence-electron chi connectivity index (χ3n) is 11.8. The summed E-state index contributed by atoms with van der Waals surface area (Å²) < 4.78 is 6.80. The van der Waals surface area contributed by atoms with Crippen LogP contribution in [0.15, 0.2) is 174 Å². The minimum Gasteiger partial charge on any atom is -0.456 e. The molecule has 0 fully saturated rings. The van der Waals surface area contributed by atoms with E-state index in [0.29, 0.717) is 5.82 Å². The molecule has 0 saturated heterocycles. The van der Waals surface area contributed by atoms with Crippen molar-refractivity contribution < 1.29 is 4.42 Å². The van der Waals surface area contributed by atoms with Gasteiger partial charge in [0.2, 0.25) is 0 Å². The van der Waals surface area contributed by atoms with Gasteiger partial charge in [0.15, 0.2) is 5.82 Å². The molecule has 3 heteroatoms. The first-order valence-corrected chi connectivity index (χ1v) is 18.3. The molecule has 0 bridgehead atoms. The van der Waals surface area contributed by atoms with Crippen LogP contribution < -0.4 is 0 Å². The second-order valence-corrected chi connectivity index (χ2v) is 14.9. The summed E-state index contributed by atoms with van der Waals surface area (Å²) in [5, 5.41) is 2.20. The highest BCUT2D eigenvalue weighted by atomic mass is 16.3. The maximum absolute atomic E-state index is 6.80. The van der Waals surface area contributed by atoms with E-state index in [0.717, 1.165) is 50.0 Å². The summed E-state index contributed by atoms with van der Waals surface area (Å²) >= 11 is 0. The Morgan fingerprint density at radius 3 is 1.62 bits per heavy atom. The maximum Gasteiger partial charge on any atom is 0.160 e. The predicted octanol–water partition coefficient (Wildman–Crippen LogP) is 12.4. The number of benzene rings is 7. The van der Waals surface area contributed by atoms with Crippen LogP contribution in [0.2, 0.25) is 0 Å². The summed E-state index contributed by atoms with van der Waals surface area (Å²) in [5.74, 6) is 0.705. The van der Waals surface area contributed by atoms with Gasteiger partial charge in [0, 0.05) is 32.9 Å². The normalized spacial score (nSPS) is 14.5. The highest BCUT2D eigenvalue weighted by molar-refractivity contribution is 6.07. The van der Waals surface area contributed by atoms with Gasteiger partial charge < -0.3 is 4.42 Å². The van der Waals surface area contributed by atoms with E-state index in [4.69, 9.17) is 14.4 Å². The number of hydrogen-bond acceptors (Lipinski definition) is 3. The average molecular weight is 679 g/mol. The molecule has 0 amide bonds. The molecule has 0 N–H and O–H groups in total. The Morgan fingerprint density at radius 1 is 0.396 bits per heavy atom. The summed E-state index contributed by atoms with van der Waals surface area (Å²) in [6, 6.07) is 60.9. The van der Waals surface area contributed by atoms with Crippen molar-refractivity contribution in [3.8, 4) is 45.0 Å². The van der Waals surface area contributed by atoms with Crippen molar-refractivity contribution in [2.75, 3.05) is 0 Å². The molecular formula is C50H34N2O. The molecule has 0 aliphatic heterocycles. The first-order chi connectivity index (χ1) is 26.0. The van der Waals surface area contributed by atoms with Crippen molar-refractivity contribution >= 4 is 21.9 Å². The minimum atomic E-state index is -0.463. The SMILES string of the molecule is CC1(C)c2ccccc2C2(c3ccccc3-c3ccccc32)c2cc3oc4ccc(-c5cc(-c6ccccc6)nc(-c6ccccc6)n5)cc4c3cc21. The number of fused-ring (bicyclic) bond motifs is 12. The topological polar surface area (TPSA) is 38.9 Å². The Bertz CT molecular complexity index is 2820. The molecule has 250 valence electrons. The third kappa shape index (κ3) is 4.16. The van der Waals surface area contributed by atoms with Crippen LogP contribution >= 0.6 is 0 Å². The van der Waals surface area contributed by atoms with Crippen LogP contribution in [-0.2, 0) is 10.8 Å². The zero-order chi connectivity index (χ0) is 35.3. The second-order valence-electron chi connectivity index (χ2n) is 14.9. The molecular weight excluding hydrogens is 645 g/mol. The van der Waals surface area contributed by atoms with Gasteiger partial charge in [0.1, 0.15) is 11.2 Å². The van der Waals surface area contributed by atoms with Crippen molar-refractivity contribution in [1.29, 1.82) is 0 Å². The van der Waals surface area contributed by atoms with Crippen LogP contribution in [0.3, 0.4) is 0 Å². The molecule has 9 aromatic rings. The van der Waals surface area contributed by atoms with Crippen LogP contribution in [0.4, 0.5) is 0 Å². The molecule has 0 radical (unpaired) electrons. The first-order valence-electron chi connectivity index (χ1n) is 18.3. The molecule has 2 heterocycles. The molecule has 11 rings (SSSR count). The van der Waals surface area contributed by atoms with Gasteiger partial charge in [-0.05, 0) is 80.9 Å². The van der Waals surface area contributed by atoms with Gasteiger partial charge in [-0.2, -0.15) is 0 Å². The average Bonchev–Trinajstić information content (AvgIpc) is 3.73. The van der Waals surface area contributed by atoms with Crippen LogP contribution in [0.1, 0.15) is 47.2 Å². The minimum absolute atomic E-state index is 0.249. The fourth-order valence-electron chi connectivity index (χ4n) is 9.34. The van der Waals surface area contributed by atoms with Gasteiger partial charge in [0.05, 0.1) is 16.8 Å². The van der Waals surface area contributed by atoms with E-state index in [1.165, 1.54) is 44.5 Å². The fraction of sp³-hybridized carbons (Fsp3) is 0.0800. The highest BCUT2D eigenvalue weighted by Crippen LogP contribution is 2.62. The molecule has 0 atom stereocenters. The molecule has 2 aromatic heterocycles. The Balaban J connectivity index is 1.17. The van der Waals surface area contributed by atoms with Crippen molar-refractivity contribution in [1.82, 2.24) is 9.97 Å². The summed E-state index contributed by atoms with van der Waals surface area (Å²) in [6.07, 6.45) is 0. The van der Waals surface area contributed by atoms with Crippen molar-refractivity contribution in [2.24, 2.45) is 0 Å². The van der Waals surface area contributed by atoms with Crippen LogP contribution in [-0.4, -0.2) is 9.97 Å². The van der Waals surface area contributed by atoms with Crippen molar-refractivity contribution in [3.05, 3.63) is 203 Å². The van der Waals surface area contributed by atoms with E-state index >= 15 is 0 Å². The van der Waals surface area contributed by atoms with E-state index in [1.807, 2.05) is 24.3 Å². The lowest BCUT2D eigenvalue weighted by molar-refractivity contribution is 0.562. The number of rotatable bonds is 3. The summed E-state index contributed by atoms with van der Waals surface area (Å²) in [5.41, 5.74) is 16.5. The zero-order valence-electron chi connectivity index (χ0n) is 29.5. The first kappa shape index (κ1) is 30.1. The Hall–Kier alpha value is -6.58. The van der Waals surface area contributed by atoms with Gasteiger partial charge in [0.25, 0.3) is 0 Å². The summed E-state index contributed by atoms with van der Waals surface area (Å²) in [4.78, 5) is 10.2. The lowest BCUT2D eigenvalue weighted by Crippen LogP contribution is -2.40. The van der Waals surface area contributed by atoms with Crippen LogP contribution in [0, 0.1) is 0 Å². The quantitative estimate of drug-likeness (QED) is 0.187.